The summed E-state index contributed by atoms with van der Waals surface area (Å²) in [6.07, 6.45) is 4.68. The number of benzene rings is 1. The van der Waals surface area contributed by atoms with Gasteiger partial charge in [0.2, 0.25) is 0 Å². The van der Waals surface area contributed by atoms with Crippen molar-refractivity contribution in [1.29, 1.82) is 0 Å². The van der Waals surface area contributed by atoms with Crippen LogP contribution in [0, 0.1) is 0 Å². The van der Waals surface area contributed by atoms with Gasteiger partial charge in [0.15, 0.2) is 5.11 Å². The number of nitrogens with one attached hydrogen (secondary N) is 2. The van der Waals surface area contributed by atoms with Gasteiger partial charge in [-0.2, -0.15) is 0 Å². The third-order valence-electron chi connectivity index (χ3n) is 4.04. The molecule has 0 saturated heterocycles. The molecule has 0 unspecified atom stereocenters. The van der Waals surface area contributed by atoms with Crippen molar-refractivity contribution in [2.24, 2.45) is 0 Å². The van der Waals surface area contributed by atoms with Gasteiger partial charge in [0, 0.05) is 10.9 Å². The first-order chi connectivity index (χ1) is 12.5. The molecule has 0 spiro atoms. The fraction of sp³-hybridized carbons (Fsp3) is 0.400. The first-order valence-corrected chi connectivity index (χ1v) is 10.1. The van der Waals surface area contributed by atoms with Gasteiger partial charge in [0.05, 0.1) is 12.7 Å². The Balaban J connectivity index is 2.10. The zero-order valence-corrected chi connectivity index (χ0v) is 17.1. The summed E-state index contributed by atoms with van der Waals surface area (Å²) in [6.45, 7) is 4.31. The lowest BCUT2D eigenvalue weighted by Gasteiger charge is -2.16. The zero-order chi connectivity index (χ0) is 18.9. The van der Waals surface area contributed by atoms with Crippen LogP contribution in [0.1, 0.15) is 49.9 Å². The SMILES string of the molecule is CCCCC[C@H](C)NC(=S)Nc1sc(-c2ccccc2)cc1C(=O)OC. The van der Waals surface area contributed by atoms with Crippen LogP contribution in [-0.2, 0) is 4.74 Å². The lowest BCUT2D eigenvalue weighted by atomic mass is 10.1. The van der Waals surface area contributed by atoms with Crippen molar-refractivity contribution in [3.05, 3.63) is 42.0 Å². The number of thiophene rings is 1. The molecular weight excluding hydrogens is 364 g/mol. The third-order valence-corrected chi connectivity index (χ3v) is 5.36. The van der Waals surface area contributed by atoms with Gasteiger partial charge in [-0.05, 0) is 37.2 Å². The summed E-state index contributed by atoms with van der Waals surface area (Å²) < 4.78 is 4.92. The minimum atomic E-state index is -0.371. The van der Waals surface area contributed by atoms with Crippen LogP contribution in [-0.4, -0.2) is 24.2 Å². The lowest BCUT2D eigenvalue weighted by molar-refractivity contribution is 0.0602. The summed E-state index contributed by atoms with van der Waals surface area (Å²) in [6, 6.07) is 12.1. The minimum absolute atomic E-state index is 0.289. The molecule has 0 amide bonds. The van der Waals surface area contributed by atoms with Crippen molar-refractivity contribution < 1.29 is 9.53 Å². The number of carbonyl (C=O) groups excluding carboxylic acids is 1. The first kappa shape index (κ1) is 20.4. The molecule has 6 heteroatoms. The van der Waals surface area contributed by atoms with Crippen LogP contribution >= 0.6 is 23.6 Å². The highest BCUT2D eigenvalue weighted by Gasteiger charge is 2.18. The van der Waals surface area contributed by atoms with Gasteiger partial charge in [0.1, 0.15) is 5.00 Å². The second-order valence-electron chi connectivity index (χ2n) is 6.21. The Morgan fingerprint density at radius 3 is 2.65 bits per heavy atom. The van der Waals surface area contributed by atoms with E-state index in [0.29, 0.717) is 15.7 Å². The fourth-order valence-electron chi connectivity index (χ4n) is 2.63. The molecule has 0 radical (unpaired) electrons. The van der Waals surface area contributed by atoms with Gasteiger partial charge < -0.3 is 15.4 Å². The van der Waals surface area contributed by atoms with E-state index in [9.17, 15) is 4.79 Å². The van der Waals surface area contributed by atoms with Gasteiger partial charge in [-0.1, -0.05) is 56.5 Å². The summed E-state index contributed by atoms with van der Waals surface area (Å²) in [5.74, 6) is -0.371. The number of carbonyl (C=O) groups is 1. The van der Waals surface area contributed by atoms with Crippen LogP contribution in [0.2, 0.25) is 0 Å². The Labute approximate surface area is 165 Å². The van der Waals surface area contributed by atoms with Crippen LogP contribution in [0.5, 0.6) is 0 Å². The maximum atomic E-state index is 12.1. The molecule has 1 aromatic carbocycles. The quantitative estimate of drug-likeness (QED) is 0.356. The predicted molar refractivity (Wildman–Crippen MR) is 114 cm³/mol. The Kier molecular flexibility index (Phi) is 8.06. The van der Waals surface area contributed by atoms with Crippen molar-refractivity contribution in [2.75, 3.05) is 12.4 Å². The molecule has 26 heavy (non-hydrogen) atoms. The molecular formula is C20H26N2O2S2. The van der Waals surface area contributed by atoms with Crippen LogP contribution in [0.3, 0.4) is 0 Å². The number of methoxy groups -OCH3 is 1. The summed E-state index contributed by atoms with van der Waals surface area (Å²) in [5, 5.41) is 7.70. The molecule has 0 saturated carbocycles. The van der Waals surface area contributed by atoms with E-state index in [4.69, 9.17) is 17.0 Å². The number of unbranched alkanes of at least 4 members (excludes halogenated alkanes) is 2. The molecule has 0 aliphatic rings. The normalized spacial score (nSPS) is 11.7. The van der Waals surface area contributed by atoms with E-state index in [2.05, 4.69) is 24.5 Å². The lowest BCUT2D eigenvalue weighted by Crippen LogP contribution is -2.35. The number of hydrogen-bond acceptors (Lipinski definition) is 4. The smallest absolute Gasteiger partial charge is 0.340 e. The summed E-state index contributed by atoms with van der Waals surface area (Å²) in [5.41, 5.74) is 1.56. The largest absolute Gasteiger partial charge is 0.465 e. The van der Waals surface area contributed by atoms with Crippen molar-refractivity contribution in [3.63, 3.8) is 0 Å². The summed E-state index contributed by atoms with van der Waals surface area (Å²) in [7, 11) is 1.39. The van der Waals surface area contributed by atoms with Crippen LogP contribution in [0.15, 0.2) is 36.4 Å². The number of hydrogen-bond donors (Lipinski definition) is 2. The maximum absolute atomic E-state index is 12.1. The second kappa shape index (κ2) is 10.3. The maximum Gasteiger partial charge on any atom is 0.340 e. The van der Waals surface area contributed by atoms with E-state index in [1.807, 2.05) is 36.4 Å². The molecule has 2 rings (SSSR count). The van der Waals surface area contributed by atoms with Crippen molar-refractivity contribution in [3.8, 4) is 10.4 Å². The fourth-order valence-corrected chi connectivity index (χ4v) is 4.05. The monoisotopic (exact) mass is 390 g/mol. The Morgan fingerprint density at radius 1 is 1.27 bits per heavy atom. The Hall–Kier alpha value is -1.92. The predicted octanol–water partition coefficient (Wildman–Crippen LogP) is 5.46. The van der Waals surface area contributed by atoms with E-state index >= 15 is 0 Å². The van der Waals surface area contributed by atoms with E-state index in [1.165, 1.54) is 37.7 Å². The number of esters is 1. The number of rotatable bonds is 8. The topological polar surface area (TPSA) is 50.4 Å². The van der Waals surface area contributed by atoms with Crippen LogP contribution < -0.4 is 10.6 Å². The molecule has 1 heterocycles. The molecule has 1 atom stereocenters. The molecule has 1 aromatic heterocycles. The van der Waals surface area contributed by atoms with Gasteiger partial charge in [-0.15, -0.1) is 11.3 Å². The van der Waals surface area contributed by atoms with Crippen molar-refractivity contribution in [2.45, 2.75) is 45.6 Å². The Bertz CT molecular complexity index is 729. The average Bonchev–Trinajstić information content (AvgIpc) is 3.05. The summed E-state index contributed by atoms with van der Waals surface area (Å²) in [4.78, 5) is 13.1. The molecule has 2 aromatic rings. The number of anilines is 1. The molecule has 0 aliphatic carbocycles. The van der Waals surface area contributed by atoms with E-state index in [-0.39, 0.29) is 12.0 Å². The Morgan fingerprint density at radius 2 is 2.00 bits per heavy atom. The van der Waals surface area contributed by atoms with Crippen LogP contribution in [0.4, 0.5) is 5.00 Å². The zero-order valence-electron chi connectivity index (χ0n) is 15.5. The second-order valence-corrected chi connectivity index (χ2v) is 7.67. The van der Waals surface area contributed by atoms with E-state index < -0.39 is 0 Å². The highest BCUT2D eigenvalue weighted by atomic mass is 32.1. The summed E-state index contributed by atoms with van der Waals surface area (Å²) >= 11 is 6.93. The number of thiocarbonyl (C=S) groups is 1. The van der Waals surface area contributed by atoms with E-state index in [0.717, 1.165) is 16.9 Å². The van der Waals surface area contributed by atoms with Gasteiger partial charge in [0.25, 0.3) is 0 Å². The number of ether oxygens (including phenoxy) is 1. The molecule has 0 bridgehead atoms. The highest BCUT2D eigenvalue weighted by Crippen LogP contribution is 2.35. The van der Waals surface area contributed by atoms with Gasteiger partial charge >= 0.3 is 5.97 Å². The molecule has 0 aliphatic heterocycles. The standard InChI is InChI=1S/C20H26N2O2S2/c1-4-5-7-10-14(2)21-20(25)22-18-16(19(23)24-3)13-17(26-18)15-11-8-6-9-12-15/h6,8-9,11-14H,4-5,7,10H2,1-3H3,(H2,21,22,25)/t14-/m0/s1. The van der Waals surface area contributed by atoms with Crippen LogP contribution in [0.25, 0.3) is 10.4 Å². The van der Waals surface area contributed by atoms with Gasteiger partial charge in [-0.25, -0.2) is 4.79 Å². The molecule has 140 valence electrons. The average molecular weight is 391 g/mol. The van der Waals surface area contributed by atoms with Crippen molar-refractivity contribution in [1.82, 2.24) is 5.32 Å². The third kappa shape index (κ3) is 5.81. The molecule has 2 N–H and O–H groups in total. The molecule has 0 fully saturated rings. The first-order valence-electron chi connectivity index (χ1n) is 8.90. The minimum Gasteiger partial charge on any atom is -0.465 e. The highest BCUT2D eigenvalue weighted by molar-refractivity contribution is 7.80. The van der Waals surface area contributed by atoms with Gasteiger partial charge in [-0.3, -0.25) is 0 Å². The van der Waals surface area contributed by atoms with Crippen molar-refractivity contribution >= 4 is 39.6 Å². The molecule has 4 nitrogen and oxygen atoms in total. The van der Waals surface area contributed by atoms with E-state index in [1.54, 1.807) is 0 Å².